The third-order valence-electron chi connectivity index (χ3n) is 2.10. The molecule has 3 nitrogen and oxygen atoms in total. The molecule has 0 N–H and O–H groups in total. The first kappa shape index (κ1) is 13.0. The van der Waals surface area contributed by atoms with Crippen LogP contribution in [-0.2, 0) is 21.3 Å². The van der Waals surface area contributed by atoms with E-state index in [2.05, 4.69) is 20.7 Å². The molecule has 0 amide bonds. The second-order valence-electron chi connectivity index (χ2n) is 3.16. The van der Waals surface area contributed by atoms with Crippen molar-refractivity contribution in [3.63, 3.8) is 0 Å². The Labute approximate surface area is 102 Å². The lowest BCUT2D eigenvalue weighted by molar-refractivity contribution is -0.139. The van der Waals surface area contributed by atoms with Crippen LogP contribution >= 0.6 is 15.9 Å². The molecule has 0 unspecified atom stereocenters. The second kappa shape index (κ2) is 5.84. The molecule has 0 radical (unpaired) electrons. The molecule has 0 fully saturated rings. The van der Waals surface area contributed by atoms with Crippen LogP contribution in [0.25, 0.3) is 0 Å². The monoisotopic (exact) mass is 290 g/mol. The van der Waals surface area contributed by atoms with Crippen LogP contribution in [0.4, 0.5) is 4.39 Å². The number of methoxy groups -OCH3 is 2. The SMILES string of the molecule is COC(=O)Cc1cc(CBr)cc(F)c1OC. The zero-order valence-electron chi connectivity index (χ0n) is 9.05. The van der Waals surface area contributed by atoms with E-state index in [4.69, 9.17) is 4.74 Å². The number of hydrogen-bond acceptors (Lipinski definition) is 3. The molecule has 0 aliphatic heterocycles. The summed E-state index contributed by atoms with van der Waals surface area (Å²) in [7, 11) is 2.66. The van der Waals surface area contributed by atoms with E-state index < -0.39 is 11.8 Å². The normalized spacial score (nSPS) is 10.0. The topological polar surface area (TPSA) is 35.5 Å². The Morgan fingerprint density at radius 1 is 1.44 bits per heavy atom. The molecule has 0 bridgehead atoms. The number of esters is 1. The van der Waals surface area contributed by atoms with Gasteiger partial charge in [0.15, 0.2) is 11.6 Å². The van der Waals surface area contributed by atoms with Gasteiger partial charge in [0.2, 0.25) is 0 Å². The van der Waals surface area contributed by atoms with Crippen LogP contribution in [0.2, 0.25) is 0 Å². The molecule has 5 heteroatoms. The van der Waals surface area contributed by atoms with Crippen molar-refractivity contribution in [1.82, 2.24) is 0 Å². The van der Waals surface area contributed by atoms with Gasteiger partial charge < -0.3 is 9.47 Å². The molecule has 0 aliphatic rings. The Bertz CT molecular complexity index is 393. The summed E-state index contributed by atoms with van der Waals surface area (Å²) in [5.41, 5.74) is 1.24. The summed E-state index contributed by atoms with van der Waals surface area (Å²) in [5, 5.41) is 0.516. The first-order valence-corrected chi connectivity index (χ1v) is 5.72. The van der Waals surface area contributed by atoms with Crippen molar-refractivity contribution in [2.75, 3.05) is 14.2 Å². The highest BCUT2D eigenvalue weighted by molar-refractivity contribution is 9.08. The number of halogens is 2. The summed E-state index contributed by atoms with van der Waals surface area (Å²) in [4.78, 5) is 11.1. The van der Waals surface area contributed by atoms with E-state index in [-0.39, 0.29) is 12.2 Å². The largest absolute Gasteiger partial charge is 0.493 e. The molecule has 0 heterocycles. The number of carbonyl (C=O) groups excluding carboxylic acids is 1. The first-order valence-electron chi connectivity index (χ1n) is 4.60. The number of hydrogen-bond donors (Lipinski definition) is 0. The molecule has 1 rings (SSSR count). The molecular formula is C11H12BrFO3. The predicted octanol–water partition coefficient (Wildman–Crippen LogP) is 2.44. The van der Waals surface area contributed by atoms with E-state index in [0.29, 0.717) is 10.9 Å². The minimum Gasteiger partial charge on any atom is -0.493 e. The third-order valence-corrected chi connectivity index (χ3v) is 2.75. The molecule has 0 atom stereocenters. The van der Waals surface area contributed by atoms with E-state index in [1.165, 1.54) is 20.3 Å². The maximum atomic E-state index is 13.6. The summed E-state index contributed by atoms with van der Waals surface area (Å²) in [6.07, 6.45) is -0.00255. The molecule has 1 aromatic carbocycles. The van der Waals surface area contributed by atoms with Gasteiger partial charge in [-0.05, 0) is 11.6 Å². The van der Waals surface area contributed by atoms with Crippen LogP contribution in [0, 0.1) is 5.82 Å². The third kappa shape index (κ3) is 2.95. The number of alkyl halides is 1. The fourth-order valence-electron chi connectivity index (χ4n) is 1.38. The van der Waals surface area contributed by atoms with Gasteiger partial charge in [0, 0.05) is 10.9 Å². The van der Waals surface area contributed by atoms with Gasteiger partial charge in [0.05, 0.1) is 20.6 Å². The van der Waals surface area contributed by atoms with Crippen molar-refractivity contribution < 1.29 is 18.7 Å². The average Bonchev–Trinajstić information content (AvgIpc) is 2.28. The highest BCUT2D eigenvalue weighted by Gasteiger charge is 2.14. The van der Waals surface area contributed by atoms with E-state index >= 15 is 0 Å². The lowest BCUT2D eigenvalue weighted by Crippen LogP contribution is -2.07. The van der Waals surface area contributed by atoms with Gasteiger partial charge in [-0.2, -0.15) is 0 Å². The summed E-state index contributed by atoms with van der Waals surface area (Å²) < 4.78 is 23.0. The van der Waals surface area contributed by atoms with Gasteiger partial charge in [-0.3, -0.25) is 4.79 Å². The summed E-state index contributed by atoms with van der Waals surface area (Å²) in [5.74, 6) is -0.808. The van der Waals surface area contributed by atoms with Gasteiger partial charge in [-0.15, -0.1) is 0 Å². The maximum Gasteiger partial charge on any atom is 0.310 e. The highest BCUT2D eigenvalue weighted by atomic mass is 79.9. The minimum atomic E-state index is -0.474. The Kier molecular flexibility index (Phi) is 4.73. The lowest BCUT2D eigenvalue weighted by Gasteiger charge is -2.10. The molecule has 0 saturated carbocycles. The first-order chi connectivity index (χ1) is 7.62. The molecule has 0 aromatic heterocycles. The maximum absolute atomic E-state index is 13.6. The number of rotatable bonds is 4. The molecule has 0 aliphatic carbocycles. The van der Waals surface area contributed by atoms with Crippen LogP contribution in [-0.4, -0.2) is 20.2 Å². The van der Waals surface area contributed by atoms with Crippen molar-refractivity contribution >= 4 is 21.9 Å². The highest BCUT2D eigenvalue weighted by Crippen LogP contribution is 2.26. The van der Waals surface area contributed by atoms with Gasteiger partial charge in [-0.1, -0.05) is 22.0 Å². The van der Waals surface area contributed by atoms with Crippen LogP contribution in [0.1, 0.15) is 11.1 Å². The Balaban J connectivity index is 3.12. The number of carbonyl (C=O) groups is 1. The lowest BCUT2D eigenvalue weighted by atomic mass is 10.1. The number of benzene rings is 1. The van der Waals surface area contributed by atoms with Crippen molar-refractivity contribution in [2.45, 2.75) is 11.8 Å². The summed E-state index contributed by atoms with van der Waals surface area (Å²) >= 11 is 3.23. The molecule has 1 aromatic rings. The molecule has 88 valence electrons. The number of ether oxygens (including phenoxy) is 2. The fraction of sp³-hybridized carbons (Fsp3) is 0.364. The van der Waals surface area contributed by atoms with E-state index in [9.17, 15) is 9.18 Å². The smallest absolute Gasteiger partial charge is 0.310 e. The van der Waals surface area contributed by atoms with Crippen LogP contribution in [0.5, 0.6) is 5.75 Å². The summed E-state index contributed by atoms with van der Waals surface area (Å²) in [6.45, 7) is 0. The van der Waals surface area contributed by atoms with Crippen LogP contribution in [0.15, 0.2) is 12.1 Å². The molecule has 0 saturated heterocycles. The Morgan fingerprint density at radius 2 is 2.12 bits per heavy atom. The zero-order valence-corrected chi connectivity index (χ0v) is 10.6. The van der Waals surface area contributed by atoms with Crippen molar-refractivity contribution in [1.29, 1.82) is 0 Å². The molecular weight excluding hydrogens is 279 g/mol. The Hall–Kier alpha value is -1.10. The van der Waals surface area contributed by atoms with E-state index in [1.807, 2.05) is 0 Å². The average molecular weight is 291 g/mol. The van der Waals surface area contributed by atoms with Crippen molar-refractivity contribution in [3.05, 3.63) is 29.1 Å². The van der Waals surface area contributed by atoms with Crippen LogP contribution in [0.3, 0.4) is 0 Å². The van der Waals surface area contributed by atoms with E-state index in [0.717, 1.165) is 5.56 Å². The standard InChI is InChI=1S/C11H12BrFO3/c1-15-10(14)5-8-3-7(6-12)4-9(13)11(8)16-2/h3-4H,5-6H2,1-2H3. The van der Waals surface area contributed by atoms with Crippen molar-refractivity contribution in [2.24, 2.45) is 0 Å². The quantitative estimate of drug-likeness (QED) is 0.631. The minimum absolute atomic E-state index is 0.00255. The summed E-state index contributed by atoms with van der Waals surface area (Å²) in [6, 6.07) is 3.09. The second-order valence-corrected chi connectivity index (χ2v) is 3.72. The van der Waals surface area contributed by atoms with Gasteiger partial charge in [0.25, 0.3) is 0 Å². The van der Waals surface area contributed by atoms with E-state index in [1.54, 1.807) is 6.07 Å². The van der Waals surface area contributed by atoms with Crippen LogP contribution < -0.4 is 4.74 Å². The Morgan fingerprint density at radius 3 is 2.62 bits per heavy atom. The van der Waals surface area contributed by atoms with Gasteiger partial charge in [-0.25, -0.2) is 4.39 Å². The molecule has 16 heavy (non-hydrogen) atoms. The molecule has 0 spiro atoms. The zero-order chi connectivity index (χ0) is 12.1. The van der Waals surface area contributed by atoms with Gasteiger partial charge >= 0.3 is 5.97 Å². The van der Waals surface area contributed by atoms with Gasteiger partial charge in [0.1, 0.15) is 0 Å². The predicted molar refractivity (Wildman–Crippen MR) is 61.3 cm³/mol. The van der Waals surface area contributed by atoms with Crippen molar-refractivity contribution in [3.8, 4) is 5.75 Å². The fourth-order valence-corrected chi connectivity index (χ4v) is 1.70.